The first kappa shape index (κ1) is 24.5. The van der Waals surface area contributed by atoms with E-state index >= 15 is 0 Å². The summed E-state index contributed by atoms with van der Waals surface area (Å²) in [5, 5.41) is 25.8. The molecular weight excluding hydrogens is 460 g/mol. The zero-order valence-corrected chi connectivity index (χ0v) is 18.2. The second-order valence-electron chi connectivity index (χ2n) is 6.85. The first-order valence-electron chi connectivity index (χ1n) is 10.1. The minimum Gasteiger partial charge on any atom is -0.490 e. The van der Waals surface area contributed by atoms with Crippen LogP contribution in [0.25, 0.3) is 0 Å². The molecule has 3 aromatic rings. The fourth-order valence-corrected chi connectivity index (χ4v) is 2.86. The summed E-state index contributed by atoms with van der Waals surface area (Å²) >= 11 is 0. The largest absolute Gasteiger partial charge is 0.490 e. The van der Waals surface area contributed by atoms with E-state index in [4.69, 9.17) is 9.47 Å². The van der Waals surface area contributed by atoms with Crippen LogP contribution in [0.15, 0.2) is 71.8 Å². The Bertz CT molecular complexity index is 1280. The molecule has 178 valence electrons. The number of benzene rings is 3. The summed E-state index contributed by atoms with van der Waals surface area (Å²) in [5.41, 5.74) is 1.49. The van der Waals surface area contributed by atoms with Gasteiger partial charge in [-0.1, -0.05) is 18.2 Å². The fraction of sp³-hybridized carbons (Fsp3) is 0.0870. The lowest BCUT2D eigenvalue weighted by Crippen LogP contribution is -2.18. The van der Waals surface area contributed by atoms with E-state index in [0.29, 0.717) is 17.7 Å². The third-order valence-electron chi connectivity index (χ3n) is 4.45. The van der Waals surface area contributed by atoms with Gasteiger partial charge < -0.3 is 9.47 Å². The molecule has 0 aromatic heterocycles. The third kappa shape index (κ3) is 6.44. The minimum atomic E-state index is -0.883. The van der Waals surface area contributed by atoms with Crippen LogP contribution in [0.4, 0.5) is 11.4 Å². The number of hydrogen-bond donors (Lipinski definition) is 1. The predicted molar refractivity (Wildman–Crippen MR) is 124 cm³/mol. The average molecular weight is 478 g/mol. The van der Waals surface area contributed by atoms with Gasteiger partial charge >= 0.3 is 5.97 Å². The van der Waals surface area contributed by atoms with Crippen LogP contribution < -0.4 is 14.9 Å². The molecule has 0 radical (unpaired) electrons. The maximum atomic E-state index is 12.3. The van der Waals surface area contributed by atoms with Gasteiger partial charge in [0.1, 0.15) is 0 Å². The van der Waals surface area contributed by atoms with E-state index in [-0.39, 0.29) is 17.1 Å². The summed E-state index contributed by atoms with van der Waals surface area (Å²) in [4.78, 5) is 44.9. The van der Waals surface area contributed by atoms with Gasteiger partial charge in [-0.25, -0.2) is 10.2 Å². The summed E-state index contributed by atoms with van der Waals surface area (Å²) in [6.45, 7) is 2.04. The van der Waals surface area contributed by atoms with Crippen molar-refractivity contribution >= 4 is 29.5 Å². The van der Waals surface area contributed by atoms with Gasteiger partial charge in [0.2, 0.25) is 0 Å². The molecule has 0 saturated heterocycles. The number of esters is 1. The van der Waals surface area contributed by atoms with Crippen molar-refractivity contribution < 1.29 is 28.9 Å². The molecule has 0 aliphatic heterocycles. The first-order chi connectivity index (χ1) is 16.8. The van der Waals surface area contributed by atoms with Crippen LogP contribution in [0, 0.1) is 20.2 Å². The van der Waals surface area contributed by atoms with Gasteiger partial charge in [-0.2, -0.15) is 5.10 Å². The molecule has 12 heteroatoms. The number of nitro groups is 2. The van der Waals surface area contributed by atoms with Crippen molar-refractivity contribution in [2.45, 2.75) is 6.92 Å². The van der Waals surface area contributed by atoms with Crippen LogP contribution >= 0.6 is 0 Å². The molecule has 0 aliphatic carbocycles. The fourth-order valence-electron chi connectivity index (χ4n) is 2.86. The SMILES string of the molecule is CCOc1cc(C=NNC(=O)c2cc([N+](=O)[O-])cc([N+](=O)[O-])c2)ccc1OC(=O)c1ccccc1. The Morgan fingerprint density at radius 2 is 1.57 bits per heavy atom. The average Bonchev–Trinajstić information content (AvgIpc) is 2.85. The summed E-state index contributed by atoms with van der Waals surface area (Å²) in [6, 6.07) is 15.6. The predicted octanol–water partition coefficient (Wildman–Crippen LogP) is 3.88. The van der Waals surface area contributed by atoms with E-state index in [1.807, 2.05) is 0 Å². The molecule has 1 N–H and O–H groups in total. The van der Waals surface area contributed by atoms with Crippen LogP contribution in [0.1, 0.15) is 33.2 Å². The lowest BCUT2D eigenvalue weighted by molar-refractivity contribution is -0.394. The van der Waals surface area contributed by atoms with Gasteiger partial charge in [-0.15, -0.1) is 0 Å². The zero-order valence-electron chi connectivity index (χ0n) is 18.2. The number of carbonyl (C=O) groups excluding carboxylic acids is 2. The Labute approximate surface area is 198 Å². The van der Waals surface area contributed by atoms with Crippen LogP contribution in [0.2, 0.25) is 0 Å². The Balaban J connectivity index is 1.75. The standard InChI is InChI=1S/C23H18N4O8/c1-2-34-21-10-15(8-9-20(21)35-23(29)16-6-4-3-5-7-16)14-24-25-22(28)17-11-18(26(30)31)13-19(12-17)27(32)33/h3-14H,2H2,1H3,(H,25,28). The van der Waals surface area contributed by atoms with Gasteiger partial charge in [0.25, 0.3) is 17.3 Å². The molecule has 0 saturated carbocycles. The highest BCUT2D eigenvalue weighted by Crippen LogP contribution is 2.29. The molecular formula is C23H18N4O8. The molecule has 3 aromatic carbocycles. The smallest absolute Gasteiger partial charge is 0.343 e. The van der Waals surface area contributed by atoms with Crippen LogP contribution in [-0.2, 0) is 0 Å². The number of nitrogens with zero attached hydrogens (tertiary/aromatic N) is 3. The Hall–Kier alpha value is -5.13. The van der Waals surface area contributed by atoms with Crippen LogP contribution in [-0.4, -0.2) is 34.5 Å². The van der Waals surface area contributed by atoms with E-state index in [2.05, 4.69) is 10.5 Å². The summed E-state index contributed by atoms with van der Waals surface area (Å²) in [6.07, 6.45) is 1.26. The lowest BCUT2D eigenvalue weighted by Gasteiger charge is -2.11. The second-order valence-corrected chi connectivity index (χ2v) is 6.85. The molecule has 3 rings (SSSR count). The summed E-state index contributed by atoms with van der Waals surface area (Å²) in [5.74, 6) is -0.995. The minimum absolute atomic E-state index is 0.186. The highest BCUT2D eigenvalue weighted by atomic mass is 16.6. The van der Waals surface area contributed by atoms with Gasteiger partial charge in [-0.05, 0) is 42.8 Å². The molecule has 0 aliphatic rings. The molecule has 1 amide bonds. The van der Waals surface area contributed by atoms with Crippen molar-refractivity contribution in [2.75, 3.05) is 6.61 Å². The van der Waals surface area contributed by atoms with E-state index in [9.17, 15) is 29.8 Å². The Kier molecular flexibility index (Phi) is 7.80. The topological polar surface area (TPSA) is 163 Å². The van der Waals surface area contributed by atoms with E-state index in [0.717, 1.165) is 18.2 Å². The maximum Gasteiger partial charge on any atom is 0.343 e. The number of non-ortho nitro benzene ring substituents is 2. The monoisotopic (exact) mass is 478 g/mol. The van der Waals surface area contributed by atoms with Gasteiger partial charge in [0.05, 0.1) is 39.9 Å². The number of nitrogens with one attached hydrogen (secondary N) is 1. The number of hydrazone groups is 1. The Morgan fingerprint density at radius 3 is 2.17 bits per heavy atom. The van der Waals surface area contributed by atoms with E-state index < -0.39 is 33.1 Å². The van der Waals surface area contributed by atoms with Crippen LogP contribution in [0.3, 0.4) is 0 Å². The van der Waals surface area contributed by atoms with Crippen molar-refractivity contribution in [3.63, 3.8) is 0 Å². The van der Waals surface area contributed by atoms with E-state index in [1.165, 1.54) is 18.3 Å². The molecule has 35 heavy (non-hydrogen) atoms. The lowest BCUT2D eigenvalue weighted by atomic mass is 10.1. The van der Waals surface area contributed by atoms with Gasteiger partial charge in [-0.3, -0.25) is 25.0 Å². The van der Waals surface area contributed by atoms with Crippen molar-refractivity contribution in [3.8, 4) is 11.5 Å². The molecule has 0 bridgehead atoms. The first-order valence-corrected chi connectivity index (χ1v) is 10.1. The maximum absolute atomic E-state index is 12.3. The number of amides is 1. The molecule has 0 fully saturated rings. The molecule has 0 unspecified atom stereocenters. The van der Waals surface area contributed by atoms with Crippen molar-refractivity contribution in [1.29, 1.82) is 0 Å². The summed E-state index contributed by atoms with van der Waals surface area (Å²) < 4.78 is 10.9. The number of carbonyl (C=O) groups is 2. The molecule has 0 heterocycles. The second kappa shape index (κ2) is 11.1. The Morgan fingerprint density at radius 1 is 0.914 bits per heavy atom. The normalized spacial score (nSPS) is 10.5. The number of hydrogen-bond acceptors (Lipinski definition) is 9. The number of nitro benzene ring substituents is 2. The molecule has 0 atom stereocenters. The highest BCUT2D eigenvalue weighted by Gasteiger charge is 2.19. The van der Waals surface area contributed by atoms with Gasteiger partial charge in [0, 0.05) is 12.1 Å². The number of ether oxygens (including phenoxy) is 2. The quantitative estimate of drug-likeness (QED) is 0.159. The molecule has 12 nitrogen and oxygen atoms in total. The summed E-state index contributed by atoms with van der Waals surface area (Å²) in [7, 11) is 0. The van der Waals surface area contributed by atoms with Crippen molar-refractivity contribution in [1.82, 2.24) is 5.43 Å². The van der Waals surface area contributed by atoms with Crippen molar-refractivity contribution in [3.05, 3.63) is 104 Å². The van der Waals surface area contributed by atoms with E-state index in [1.54, 1.807) is 43.3 Å². The molecule has 0 spiro atoms. The highest BCUT2D eigenvalue weighted by molar-refractivity contribution is 5.96. The van der Waals surface area contributed by atoms with Crippen molar-refractivity contribution in [2.24, 2.45) is 5.10 Å². The van der Waals surface area contributed by atoms with Gasteiger partial charge in [0.15, 0.2) is 11.5 Å². The number of rotatable bonds is 9. The zero-order chi connectivity index (χ0) is 25.4. The van der Waals surface area contributed by atoms with Crippen LogP contribution in [0.5, 0.6) is 11.5 Å². The third-order valence-corrected chi connectivity index (χ3v) is 4.45.